The maximum Gasteiger partial charge on any atom is 0.212 e. The van der Waals surface area contributed by atoms with Gasteiger partial charge in [-0.3, -0.25) is 0 Å². The molecule has 0 saturated carbocycles. The molecule has 1 unspecified atom stereocenters. The van der Waals surface area contributed by atoms with Crippen LogP contribution in [-0.4, -0.2) is 23.0 Å². The fourth-order valence-electron chi connectivity index (χ4n) is 3.21. The lowest BCUT2D eigenvalue weighted by Gasteiger charge is -2.34. The van der Waals surface area contributed by atoms with E-state index in [4.69, 9.17) is 4.84 Å². The van der Waals surface area contributed by atoms with Crippen LogP contribution in [0.5, 0.6) is 0 Å². The molecule has 1 aliphatic heterocycles. The van der Waals surface area contributed by atoms with E-state index in [1.54, 1.807) is 0 Å². The van der Waals surface area contributed by atoms with Crippen LogP contribution >= 0.6 is 0 Å². The smallest absolute Gasteiger partial charge is 0.212 e. The Morgan fingerprint density at radius 1 is 0.958 bits per heavy atom. The first-order valence-corrected chi connectivity index (χ1v) is 8.82. The zero-order valence-electron chi connectivity index (χ0n) is 14.6. The van der Waals surface area contributed by atoms with Crippen molar-refractivity contribution >= 4 is 5.84 Å². The van der Waals surface area contributed by atoms with E-state index in [-0.39, 0.29) is 0 Å². The summed E-state index contributed by atoms with van der Waals surface area (Å²) in [6.45, 7) is 5.35. The predicted molar refractivity (Wildman–Crippen MR) is 98.8 cm³/mol. The van der Waals surface area contributed by atoms with Gasteiger partial charge in [0.1, 0.15) is 0 Å². The summed E-state index contributed by atoms with van der Waals surface area (Å²) >= 11 is 0. The summed E-state index contributed by atoms with van der Waals surface area (Å²) in [5.41, 5.74) is 2.14. The molecule has 1 heterocycles. The highest BCUT2D eigenvalue weighted by atomic mass is 16.7. The van der Waals surface area contributed by atoms with Crippen molar-refractivity contribution < 1.29 is 4.84 Å². The Morgan fingerprint density at radius 2 is 1.58 bits per heavy atom. The van der Waals surface area contributed by atoms with Crippen molar-refractivity contribution in [1.82, 2.24) is 4.90 Å². The molecule has 1 aliphatic rings. The number of oxime groups is 1. The van der Waals surface area contributed by atoms with Gasteiger partial charge in [0, 0.05) is 19.4 Å². The number of hydrogen-bond donors (Lipinski definition) is 0. The van der Waals surface area contributed by atoms with E-state index in [1.165, 1.54) is 11.1 Å². The molecular formula is C21H26N2O. The topological polar surface area (TPSA) is 24.8 Å². The molecule has 1 atom stereocenters. The van der Waals surface area contributed by atoms with E-state index < -0.39 is 5.72 Å². The average molecular weight is 322 g/mol. The highest BCUT2D eigenvalue weighted by Crippen LogP contribution is 2.30. The molecular weight excluding hydrogens is 296 g/mol. The molecule has 126 valence electrons. The van der Waals surface area contributed by atoms with E-state index in [1.807, 2.05) is 12.1 Å². The minimum absolute atomic E-state index is 0.402. The quantitative estimate of drug-likeness (QED) is 0.742. The predicted octanol–water partition coefficient (Wildman–Crippen LogP) is 4.63. The fourth-order valence-corrected chi connectivity index (χ4v) is 3.21. The molecule has 0 saturated heterocycles. The summed E-state index contributed by atoms with van der Waals surface area (Å²) in [5.74, 6) is 1.04. The summed E-state index contributed by atoms with van der Waals surface area (Å²) < 4.78 is 0. The molecule has 3 heteroatoms. The van der Waals surface area contributed by atoms with Gasteiger partial charge < -0.3 is 9.74 Å². The van der Waals surface area contributed by atoms with Gasteiger partial charge in [-0.2, -0.15) is 0 Å². The van der Waals surface area contributed by atoms with E-state index in [0.29, 0.717) is 0 Å². The Kier molecular flexibility index (Phi) is 5.19. The van der Waals surface area contributed by atoms with Gasteiger partial charge in [0.25, 0.3) is 0 Å². The second-order valence-corrected chi connectivity index (χ2v) is 6.60. The van der Waals surface area contributed by atoms with Crippen molar-refractivity contribution in [3.8, 4) is 0 Å². The molecule has 0 fully saturated rings. The fraction of sp³-hybridized carbons (Fsp3) is 0.381. The molecule has 3 rings (SSSR count). The Labute approximate surface area is 144 Å². The van der Waals surface area contributed by atoms with Crippen LogP contribution in [0.1, 0.15) is 37.8 Å². The lowest BCUT2D eigenvalue weighted by atomic mass is 10.0. The third-order valence-electron chi connectivity index (χ3n) is 4.55. The Balaban J connectivity index is 1.77. The SMILES string of the molecule is CCCCN1C(Cc2ccccc2)=NOC1(C)Cc1ccccc1. The van der Waals surface area contributed by atoms with Gasteiger partial charge in [-0.25, -0.2) is 0 Å². The molecule has 0 N–H and O–H groups in total. The van der Waals surface area contributed by atoms with Crippen LogP contribution in [-0.2, 0) is 17.7 Å². The molecule has 0 aromatic heterocycles. The zero-order chi connectivity index (χ0) is 16.8. The number of nitrogens with zero attached hydrogens (tertiary/aromatic N) is 2. The molecule has 0 aliphatic carbocycles. The van der Waals surface area contributed by atoms with Gasteiger partial charge in [0.15, 0.2) is 5.84 Å². The number of amidine groups is 1. The Bertz CT molecular complexity index is 669. The molecule has 2 aromatic rings. The first-order valence-electron chi connectivity index (χ1n) is 8.82. The largest absolute Gasteiger partial charge is 0.365 e. The normalized spacial score (nSPS) is 19.9. The molecule has 0 radical (unpaired) electrons. The Morgan fingerprint density at radius 3 is 2.21 bits per heavy atom. The molecule has 24 heavy (non-hydrogen) atoms. The van der Waals surface area contributed by atoms with Crippen molar-refractivity contribution in [2.75, 3.05) is 6.54 Å². The summed E-state index contributed by atoms with van der Waals surface area (Å²) in [5, 5.41) is 4.46. The van der Waals surface area contributed by atoms with Crippen LogP contribution in [0.15, 0.2) is 65.8 Å². The summed E-state index contributed by atoms with van der Waals surface area (Å²) in [6, 6.07) is 21.0. The molecule has 2 aromatic carbocycles. The highest BCUT2D eigenvalue weighted by molar-refractivity contribution is 5.85. The Hall–Kier alpha value is -2.29. The van der Waals surface area contributed by atoms with Crippen LogP contribution in [0.2, 0.25) is 0 Å². The van der Waals surface area contributed by atoms with Gasteiger partial charge >= 0.3 is 0 Å². The lowest BCUT2D eigenvalue weighted by molar-refractivity contribution is -0.0835. The highest BCUT2D eigenvalue weighted by Gasteiger charge is 2.41. The number of hydrogen-bond acceptors (Lipinski definition) is 3. The van der Waals surface area contributed by atoms with Gasteiger partial charge in [0.05, 0.1) is 0 Å². The standard InChI is InChI=1S/C21H26N2O/c1-3-4-15-23-20(16-18-11-7-5-8-12-18)22-24-21(23,2)17-19-13-9-6-10-14-19/h5-14H,3-4,15-17H2,1-2H3. The van der Waals surface area contributed by atoms with Gasteiger partial charge in [-0.05, 0) is 24.5 Å². The van der Waals surface area contributed by atoms with E-state index in [2.05, 4.69) is 72.4 Å². The molecule has 0 bridgehead atoms. The van der Waals surface area contributed by atoms with Gasteiger partial charge in [0.2, 0.25) is 5.72 Å². The van der Waals surface area contributed by atoms with Crippen LogP contribution in [0.3, 0.4) is 0 Å². The summed E-state index contributed by atoms with van der Waals surface area (Å²) in [7, 11) is 0. The summed E-state index contributed by atoms with van der Waals surface area (Å²) in [4.78, 5) is 8.31. The zero-order valence-corrected chi connectivity index (χ0v) is 14.6. The van der Waals surface area contributed by atoms with Crippen molar-refractivity contribution in [2.24, 2.45) is 5.16 Å². The number of unbranched alkanes of at least 4 members (excludes halogenated alkanes) is 1. The molecule has 0 amide bonds. The molecule has 0 spiro atoms. The minimum Gasteiger partial charge on any atom is -0.365 e. The number of benzene rings is 2. The van der Waals surface area contributed by atoms with Crippen molar-refractivity contribution in [2.45, 2.75) is 45.3 Å². The van der Waals surface area contributed by atoms with Crippen molar-refractivity contribution in [3.63, 3.8) is 0 Å². The van der Waals surface area contributed by atoms with Gasteiger partial charge in [-0.15, -0.1) is 0 Å². The first kappa shape index (κ1) is 16.6. The average Bonchev–Trinajstić information content (AvgIpc) is 2.90. The maximum atomic E-state index is 5.95. The van der Waals surface area contributed by atoms with Crippen LogP contribution in [0, 0.1) is 0 Å². The van der Waals surface area contributed by atoms with Crippen LogP contribution in [0.25, 0.3) is 0 Å². The maximum absolute atomic E-state index is 5.95. The van der Waals surface area contributed by atoms with Crippen molar-refractivity contribution in [1.29, 1.82) is 0 Å². The summed E-state index contributed by atoms with van der Waals surface area (Å²) in [6.07, 6.45) is 3.95. The first-order chi connectivity index (χ1) is 11.7. The molecule has 3 nitrogen and oxygen atoms in total. The van der Waals surface area contributed by atoms with Crippen molar-refractivity contribution in [3.05, 3.63) is 71.8 Å². The second kappa shape index (κ2) is 7.52. The monoisotopic (exact) mass is 322 g/mol. The third-order valence-corrected chi connectivity index (χ3v) is 4.55. The van der Waals surface area contributed by atoms with Crippen LogP contribution < -0.4 is 0 Å². The van der Waals surface area contributed by atoms with E-state index in [9.17, 15) is 0 Å². The van der Waals surface area contributed by atoms with E-state index >= 15 is 0 Å². The minimum atomic E-state index is -0.402. The lowest BCUT2D eigenvalue weighted by Crippen LogP contribution is -2.48. The van der Waals surface area contributed by atoms with Crippen LogP contribution in [0.4, 0.5) is 0 Å². The van der Waals surface area contributed by atoms with E-state index in [0.717, 1.165) is 38.1 Å². The van der Waals surface area contributed by atoms with Gasteiger partial charge in [-0.1, -0.05) is 79.2 Å². The third kappa shape index (κ3) is 3.78. The number of rotatable bonds is 7. The second-order valence-electron chi connectivity index (χ2n) is 6.60.